The molecule has 0 nitrogen and oxygen atoms in total. The second-order valence-electron chi connectivity index (χ2n) is 3.60. The van der Waals surface area contributed by atoms with Gasteiger partial charge in [-0.1, -0.05) is 64.8 Å². The quantitative estimate of drug-likeness (QED) is 0.380. The lowest BCUT2D eigenvalue weighted by Gasteiger charge is -2.00. The minimum atomic E-state index is 1.21. The summed E-state index contributed by atoms with van der Waals surface area (Å²) < 4.78 is 0. The topological polar surface area (TPSA) is 0 Å². The van der Waals surface area contributed by atoms with Crippen LogP contribution in [0.2, 0.25) is 0 Å². The number of hydrogen-bond acceptors (Lipinski definition) is 7. The van der Waals surface area contributed by atoms with Crippen molar-refractivity contribution in [3.8, 4) is 0 Å². The van der Waals surface area contributed by atoms with Crippen LogP contribution < -0.4 is 0 Å². The molecule has 0 radical (unpaired) electrons. The average Bonchev–Trinajstić information content (AvgIpc) is 2.43. The predicted octanol–water partition coefficient (Wildman–Crippen LogP) is 8.20. The van der Waals surface area contributed by atoms with Gasteiger partial charge in [0.2, 0.25) is 0 Å². The van der Waals surface area contributed by atoms with Crippen molar-refractivity contribution in [2.24, 2.45) is 0 Å². The van der Waals surface area contributed by atoms with E-state index >= 15 is 0 Å². The third-order valence-electron chi connectivity index (χ3n) is 2.15. The van der Waals surface area contributed by atoms with Gasteiger partial charge in [-0.15, -0.1) is 0 Å². The van der Waals surface area contributed by atoms with Gasteiger partial charge in [-0.05, 0) is 73.8 Å². The fourth-order valence-corrected chi connectivity index (χ4v) is 14.9. The van der Waals surface area contributed by atoms with Crippen LogP contribution in [0.1, 0.15) is 32.1 Å². The van der Waals surface area contributed by atoms with Crippen molar-refractivity contribution in [2.45, 2.75) is 32.1 Å². The van der Waals surface area contributed by atoms with Gasteiger partial charge >= 0.3 is 0 Å². The first-order chi connectivity index (χ1) is 9.50. The summed E-state index contributed by atoms with van der Waals surface area (Å²) in [6.45, 7) is 0. The van der Waals surface area contributed by atoms with Crippen LogP contribution in [0.25, 0.3) is 0 Å². The van der Waals surface area contributed by atoms with Crippen LogP contribution in [-0.4, -0.2) is 5.75 Å². The van der Waals surface area contributed by atoms with Crippen LogP contribution in [-0.2, 0) is 0 Å². The number of rotatable bonds is 0. The maximum atomic E-state index is 2.27. The minimum Gasteiger partial charge on any atom is -0.0845 e. The van der Waals surface area contributed by atoms with E-state index in [-0.39, 0.29) is 0 Å². The summed E-state index contributed by atoms with van der Waals surface area (Å²) >= 11 is 0. The van der Waals surface area contributed by atoms with Gasteiger partial charge in [0.25, 0.3) is 0 Å². The van der Waals surface area contributed by atoms with E-state index in [4.69, 9.17) is 0 Å². The molecule has 0 N–H and O–H groups in total. The number of allylic oxidation sites excluding steroid dienone is 5. The molecule has 0 fully saturated rings. The zero-order valence-corrected chi connectivity index (χ0v) is 16.3. The smallest absolute Gasteiger partial charge is 0.00454 e. The summed E-state index contributed by atoms with van der Waals surface area (Å²) in [5, 5.41) is 2.13. The molecule has 1 aliphatic rings. The largest absolute Gasteiger partial charge is 0.0845 e. The van der Waals surface area contributed by atoms with E-state index in [0.29, 0.717) is 0 Å². The van der Waals surface area contributed by atoms with Crippen LogP contribution in [0.15, 0.2) is 35.8 Å². The Labute approximate surface area is 143 Å². The maximum absolute atomic E-state index is 2.27. The van der Waals surface area contributed by atoms with E-state index in [9.17, 15) is 0 Å². The molecule has 1 aliphatic heterocycles. The molecule has 1 rings (SSSR count). The van der Waals surface area contributed by atoms with Crippen molar-refractivity contribution in [1.82, 2.24) is 0 Å². The molecule has 0 atom stereocenters. The maximum Gasteiger partial charge on any atom is 0.00454 e. The van der Waals surface area contributed by atoms with E-state index in [2.05, 4.69) is 35.8 Å². The fourth-order valence-electron chi connectivity index (χ4n) is 1.28. The van der Waals surface area contributed by atoms with Crippen molar-refractivity contribution in [1.29, 1.82) is 0 Å². The van der Waals surface area contributed by atoms with Crippen LogP contribution in [0.5, 0.6) is 0 Å². The molecular weight excluding hydrogens is 369 g/mol. The average molecular weight is 387 g/mol. The third kappa shape index (κ3) is 14.4. The van der Waals surface area contributed by atoms with Gasteiger partial charge in [-0.2, -0.15) is 0 Å². The lowest BCUT2D eigenvalue weighted by Crippen LogP contribution is -1.79. The minimum absolute atomic E-state index is 1.21. The normalized spacial score (nSPS) is 21.5. The molecule has 0 unspecified atom stereocenters. The number of hydrogen-bond donors (Lipinski definition) is 0. The highest BCUT2D eigenvalue weighted by Gasteiger charge is 1.95. The summed E-state index contributed by atoms with van der Waals surface area (Å²) in [7, 11) is 13.1. The SMILES string of the molecule is C1=CC=CSSSSSSSCCCCCCC=C1. The van der Waals surface area contributed by atoms with Crippen molar-refractivity contribution in [3.05, 3.63) is 35.8 Å². The molecule has 0 spiro atoms. The fraction of sp³-hybridized carbons (Fsp3) is 0.500. The Balaban J connectivity index is 2.19. The van der Waals surface area contributed by atoms with Crippen molar-refractivity contribution in [2.75, 3.05) is 5.75 Å². The Bertz CT molecular complexity index is 249. The van der Waals surface area contributed by atoms with Gasteiger partial charge < -0.3 is 0 Å². The highest BCUT2D eigenvalue weighted by molar-refractivity contribution is 9.46. The molecule has 0 amide bonds. The van der Waals surface area contributed by atoms with Gasteiger partial charge in [-0.3, -0.25) is 0 Å². The molecule has 0 saturated heterocycles. The monoisotopic (exact) mass is 386 g/mol. The second kappa shape index (κ2) is 16.0. The zero-order valence-electron chi connectivity index (χ0n) is 10.6. The van der Waals surface area contributed by atoms with Gasteiger partial charge in [0.1, 0.15) is 0 Å². The molecule has 0 bridgehead atoms. The lowest BCUT2D eigenvalue weighted by atomic mass is 10.1. The summed E-state index contributed by atoms with van der Waals surface area (Å²) in [6.07, 6.45) is 17.4. The highest BCUT2D eigenvalue weighted by atomic mass is 33.9. The summed E-state index contributed by atoms with van der Waals surface area (Å²) in [4.78, 5) is 0. The first-order valence-corrected chi connectivity index (χ1v) is 15.1. The van der Waals surface area contributed by atoms with Gasteiger partial charge in [0.05, 0.1) is 0 Å². The lowest BCUT2D eigenvalue weighted by molar-refractivity contribution is 0.678. The molecule has 19 heavy (non-hydrogen) atoms. The molecule has 0 aliphatic carbocycles. The van der Waals surface area contributed by atoms with E-state index in [1.165, 1.54) is 37.9 Å². The first-order valence-electron chi connectivity index (χ1n) is 6.10. The van der Waals surface area contributed by atoms with Crippen molar-refractivity contribution in [3.63, 3.8) is 0 Å². The Morgan fingerprint density at radius 3 is 2.42 bits per heavy atom. The zero-order chi connectivity index (χ0) is 13.4. The molecule has 108 valence electrons. The molecule has 7 heteroatoms. The van der Waals surface area contributed by atoms with Crippen molar-refractivity contribution < 1.29 is 0 Å². The standard InChI is InChI=1S/C12H18S7/c1-2-4-6-8-10-12-14-16-18-19-17-15-13-11-9-7-5-3-1/h1,3,5,7,9,11H,2,4,6,8,10,12H2. The Morgan fingerprint density at radius 2 is 1.42 bits per heavy atom. The second-order valence-corrected chi connectivity index (χ2v) is 14.8. The Morgan fingerprint density at radius 1 is 0.632 bits per heavy atom. The predicted molar refractivity (Wildman–Crippen MR) is 109 cm³/mol. The van der Waals surface area contributed by atoms with Crippen LogP contribution >= 0.6 is 70.7 Å². The molecule has 0 aromatic rings. The Kier molecular flexibility index (Phi) is 15.8. The van der Waals surface area contributed by atoms with E-state index < -0.39 is 0 Å². The van der Waals surface area contributed by atoms with Gasteiger partial charge in [0, 0.05) is 5.75 Å². The molecular formula is C12H18S7. The van der Waals surface area contributed by atoms with Gasteiger partial charge in [-0.25, -0.2) is 0 Å². The highest BCUT2D eigenvalue weighted by Crippen LogP contribution is 2.55. The molecule has 1 heterocycles. The van der Waals surface area contributed by atoms with E-state index in [1.54, 1.807) is 10.8 Å². The van der Waals surface area contributed by atoms with Crippen molar-refractivity contribution >= 4 is 70.7 Å². The first kappa shape index (κ1) is 18.7. The molecule has 0 aromatic carbocycles. The summed E-state index contributed by atoms with van der Waals surface area (Å²) in [5.74, 6) is 1.28. The molecule has 0 saturated carbocycles. The van der Waals surface area contributed by atoms with Gasteiger partial charge in [0.15, 0.2) is 0 Å². The van der Waals surface area contributed by atoms with Crippen LogP contribution in [0.4, 0.5) is 0 Å². The van der Waals surface area contributed by atoms with Crippen LogP contribution in [0, 0.1) is 0 Å². The summed E-state index contributed by atoms with van der Waals surface area (Å²) in [5.41, 5.74) is 0. The Hall–Kier alpha value is 1.67. The summed E-state index contributed by atoms with van der Waals surface area (Å²) in [6, 6.07) is 0. The molecule has 0 aromatic heterocycles. The van der Waals surface area contributed by atoms with Crippen LogP contribution in [0.3, 0.4) is 0 Å². The van der Waals surface area contributed by atoms with E-state index in [0.717, 1.165) is 0 Å². The third-order valence-corrected chi connectivity index (χ3v) is 14.9. The van der Waals surface area contributed by atoms with E-state index in [1.807, 2.05) is 59.9 Å².